The zero-order chi connectivity index (χ0) is 41.7. The van der Waals surface area contributed by atoms with Crippen molar-refractivity contribution in [2.24, 2.45) is 0 Å². The number of carbonyl (C=O) groups excluding carboxylic acids is 2. The van der Waals surface area contributed by atoms with E-state index in [2.05, 4.69) is 68.6 Å². The topological polar surface area (TPSA) is 95.9 Å². The highest BCUT2D eigenvalue weighted by molar-refractivity contribution is 5.77. The molecule has 0 bridgehead atoms. The summed E-state index contributed by atoms with van der Waals surface area (Å²) >= 11 is 0. The van der Waals surface area contributed by atoms with E-state index in [0.29, 0.717) is 19.3 Å². The molecule has 0 spiro atoms. The molecule has 3 atom stereocenters. The minimum atomic E-state index is -0.802. The van der Waals surface area contributed by atoms with E-state index >= 15 is 0 Å². The lowest BCUT2D eigenvalue weighted by Crippen LogP contribution is -2.46. The lowest BCUT2D eigenvalue weighted by atomic mass is 10.0. The van der Waals surface area contributed by atoms with Gasteiger partial charge in [0.2, 0.25) is 5.91 Å². The number of unbranched alkanes of at least 4 members (excludes halogenated alkanes) is 21. The van der Waals surface area contributed by atoms with Crippen LogP contribution in [0.4, 0.5) is 0 Å². The number of amides is 1. The molecule has 0 aliphatic heterocycles. The number of nitrogens with one attached hydrogen (secondary N) is 1. The molecule has 0 aromatic carbocycles. The molecular formula is C51H89NO5. The Kier molecular flexibility index (Phi) is 42.3. The number of hydrogen-bond acceptors (Lipinski definition) is 5. The van der Waals surface area contributed by atoms with Crippen LogP contribution in [0, 0.1) is 0 Å². The SMILES string of the molecule is CC/C=C/C=C/C=C\C=C/CCCCCC(=O)OC(CCCCC/C=C/C=C/CCCCCCCCC)CC(=O)NC(CO)C(O)CCCCCCCCCCC. The van der Waals surface area contributed by atoms with E-state index in [9.17, 15) is 19.8 Å². The Balaban J connectivity index is 4.74. The van der Waals surface area contributed by atoms with Crippen molar-refractivity contribution in [3.05, 3.63) is 72.9 Å². The van der Waals surface area contributed by atoms with Crippen molar-refractivity contribution in [2.45, 2.75) is 232 Å². The Labute approximate surface area is 351 Å². The summed E-state index contributed by atoms with van der Waals surface area (Å²) in [6.07, 6.45) is 55.3. The molecule has 0 aromatic heterocycles. The van der Waals surface area contributed by atoms with Crippen molar-refractivity contribution >= 4 is 11.9 Å². The first-order valence-corrected chi connectivity index (χ1v) is 23.7. The van der Waals surface area contributed by atoms with Crippen LogP contribution in [0.15, 0.2) is 72.9 Å². The minimum Gasteiger partial charge on any atom is -0.462 e. The van der Waals surface area contributed by atoms with Crippen LogP contribution in [-0.4, -0.2) is 46.9 Å². The summed E-state index contributed by atoms with van der Waals surface area (Å²) in [6.45, 7) is 6.29. The van der Waals surface area contributed by atoms with Crippen molar-refractivity contribution in [1.82, 2.24) is 5.32 Å². The maximum atomic E-state index is 13.1. The summed E-state index contributed by atoms with van der Waals surface area (Å²) in [6, 6.07) is -0.719. The van der Waals surface area contributed by atoms with Gasteiger partial charge >= 0.3 is 5.97 Å². The number of esters is 1. The normalized spacial score (nSPS) is 14.0. The van der Waals surface area contributed by atoms with Crippen LogP contribution in [0.3, 0.4) is 0 Å². The highest BCUT2D eigenvalue weighted by Crippen LogP contribution is 2.16. The molecule has 1 amide bonds. The van der Waals surface area contributed by atoms with E-state index in [4.69, 9.17) is 4.74 Å². The molecule has 3 N–H and O–H groups in total. The molecule has 0 aliphatic carbocycles. The average molecular weight is 796 g/mol. The van der Waals surface area contributed by atoms with E-state index in [1.165, 1.54) is 83.5 Å². The molecular weight excluding hydrogens is 707 g/mol. The zero-order valence-corrected chi connectivity index (χ0v) is 37.2. The smallest absolute Gasteiger partial charge is 0.306 e. The molecule has 0 saturated heterocycles. The van der Waals surface area contributed by atoms with Gasteiger partial charge in [-0.05, 0) is 70.6 Å². The Morgan fingerprint density at radius 3 is 1.47 bits per heavy atom. The first-order chi connectivity index (χ1) is 28.0. The standard InChI is InChI=1S/C51H89NO5/c1-4-7-10-13-16-19-21-23-24-25-27-28-31-33-36-39-42-47(57-51(56)44-41-38-35-32-29-26-22-20-17-14-11-8-5-2)45-50(55)52-48(46-53)49(54)43-40-37-34-30-18-15-12-9-6-3/h8,11,14,17,20,22,24-29,47-49,53-54H,4-7,9-10,12-13,15-16,18-19,21,23,30-46H2,1-3H3,(H,52,55)/b11-8+,17-14+,22-20-,25-24+,28-27+,29-26-. The number of carbonyl (C=O) groups is 2. The van der Waals surface area contributed by atoms with Crippen molar-refractivity contribution in [3.63, 3.8) is 0 Å². The van der Waals surface area contributed by atoms with E-state index in [1.807, 2.05) is 30.4 Å². The number of aliphatic hydroxyl groups excluding tert-OH is 2. The fourth-order valence-corrected chi connectivity index (χ4v) is 6.78. The maximum Gasteiger partial charge on any atom is 0.306 e. The van der Waals surface area contributed by atoms with Gasteiger partial charge in [0.05, 0.1) is 25.2 Å². The summed E-state index contributed by atoms with van der Waals surface area (Å²) < 4.78 is 5.88. The Bertz CT molecular complexity index is 1070. The second-order valence-corrected chi connectivity index (χ2v) is 15.9. The van der Waals surface area contributed by atoms with Crippen LogP contribution in [0.25, 0.3) is 0 Å². The first-order valence-electron chi connectivity index (χ1n) is 23.7. The Morgan fingerprint density at radius 2 is 0.947 bits per heavy atom. The predicted octanol–water partition coefficient (Wildman–Crippen LogP) is 13.8. The van der Waals surface area contributed by atoms with E-state index in [-0.39, 0.29) is 24.9 Å². The number of hydrogen-bond donors (Lipinski definition) is 3. The zero-order valence-electron chi connectivity index (χ0n) is 37.2. The van der Waals surface area contributed by atoms with Gasteiger partial charge in [-0.2, -0.15) is 0 Å². The quantitative estimate of drug-likeness (QED) is 0.0325. The highest BCUT2D eigenvalue weighted by atomic mass is 16.5. The Hall–Kier alpha value is -2.70. The van der Waals surface area contributed by atoms with Crippen LogP contribution in [-0.2, 0) is 14.3 Å². The summed E-state index contributed by atoms with van der Waals surface area (Å²) in [5, 5.41) is 23.6. The van der Waals surface area contributed by atoms with Gasteiger partial charge in [-0.25, -0.2) is 0 Å². The fraction of sp³-hybridized carbons (Fsp3) is 0.725. The van der Waals surface area contributed by atoms with Crippen molar-refractivity contribution in [1.29, 1.82) is 0 Å². The largest absolute Gasteiger partial charge is 0.462 e. The van der Waals surface area contributed by atoms with Crippen LogP contribution in [0.1, 0.15) is 213 Å². The lowest BCUT2D eigenvalue weighted by Gasteiger charge is -2.24. The third-order valence-electron chi connectivity index (χ3n) is 10.4. The molecule has 0 heterocycles. The molecule has 6 heteroatoms. The van der Waals surface area contributed by atoms with Gasteiger partial charge in [0.15, 0.2) is 0 Å². The molecule has 0 radical (unpaired) electrons. The van der Waals surface area contributed by atoms with Gasteiger partial charge in [0, 0.05) is 6.42 Å². The number of aliphatic hydroxyl groups is 2. The second kappa shape index (κ2) is 44.4. The summed E-state index contributed by atoms with van der Waals surface area (Å²) in [7, 11) is 0. The molecule has 328 valence electrons. The second-order valence-electron chi connectivity index (χ2n) is 15.9. The lowest BCUT2D eigenvalue weighted by molar-refractivity contribution is -0.151. The van der Waals surface area contributed by atoms with Crippen LogP contribution in [0.5, 0.6) is 0 Å². The van der Waals surface area contributed by atoms with Gasteiger partial charge in [-0.3, -0.25) is 9.59 Å². The Morgan fingerprint density at radius 1 is 0.526 bits per heavy atom. The molecule has 0 aliphatic rings. The third kappa shape index (κ3) is 39.9. The number of rotatable bonds is 41. The summed E-state index contributed by atoms with van der Waals surface area (Å²) in [5.41, 5.74) is 0. The molecule has 0 saturated carbocycles. The molecule has 3 unspecified atom stereocenters. The van der Waals surface area contributed by atoms with Crippen molar-refractivity contribution in [2.75, 3.05) is 6.61 Å². The molecule has 0 rings (SSSR count). The van der Waals surface area contributed by atoms with Crippen molar-refractivity contribution < 1.29 is 24.5 Å². The predicted molar refractivity (Wildman–Crippen MR) is 245 cm³/mol. The van der Waals surface area contributed by atoms with E-state index < -0.39 is 18.2 Å². The molecule has 0 fully saturated rings. The number of allylic oxidation sites excluding steroid dienone is 12. The van der Waals surface area contributed by atoms with Crippen LogP contribution >= 0.6 is 0 Å². The average Bonchev–Trinajstić information content (AvgIpc) is 3.20. The number of ether oxygens (including phenoxy) is 1. The summed E-state index contributed by atoms with van der Waals surface area (Å²) in [5.74, 6) is -0.552. The van der Waals surface area contributed by atoms with Gasteiger partial charge in [0.25, 0.3) is 0 Å². The minimum absolute atomic E-state index is 0.0405. The molecule has 0 aromatic rings. The van der Waals surface area contributed by atoms with Gasteiger partial charge in [0.1, 0.15) is 6.10 Å². The van der Waals surface area contributed by atoms with Crippen LogP contribution < -0.4 is 5.32 Å². The summed E-state index contributed by atoms with van der Waals surface area (Å²) in [4.78, 5) is 26.0. The monoisotopic (exact) mass is 796 g/mol. The third-order valence-corrected chi connectivity index (χ3v) is 10.4. The van der Waals surface area contributed by atoms with E-state index in [0.717, 1.165) is 83.5 Å². The highest BCUT2D eigenvalue weighted by Gasteiger charge is 2.24. The van der Waals surface area contributed by atoms with Gasteiger partial charge in [-0.15, -0.1) is 0 Å². The maximum absolute atomic E-state index is 13.1. The molecule has 57 heavy (non-hydrogen) atoms. The van der Waals surface area contributed by atoms with Crippen LogP contribution in [0.2, 0.25) is 0 Å². The van der Waals surface area contributed by atoms with E-state index in [1.54, 1.807) is 0 Å². The van der Waals surface area contributed by atoms with Gasteiger partial charge in [-0.1, -0.05) is 203 Å². The first kappa shape index (κ1) is 54.3. The molecule has 6 nitrogen and oxygen atoms in total. The van der Waals surface area contributed by atoms with Gasteiger partial charge < -0.3 is 20.3 Å². The van der Waals surface area contributed by atoms with Crippen molar-refractivity contribution in [3.8, 4) is 0 Å². The fourth-order valence-electron chi connectivity index (χ4n) is 6.78.